The highest BCUT2D eigenvalue weighted by molar-refractivity contribution is 5.77. The summed E-state index contributed by atoms with van der Waals surface area (Å²) in [6.45, 7) is 2.23. The lowest BCUT2D eigenvalue weighted by molar-refractivity contribution is -0.673. The van der Waals surface area contributed by atoms with E-state index in [-0.39, 0.29) is 0 Å². The number of fused-ring (bicyclic) bond motifs is 1. The van der Waals surface area contributed by atoms with E-state index in [1.54, 1.807) is 0 Å². The Balaban J connectivity index is 2.08. The molecule has 0 N–H and O–H groups in total. The molecule has 0 bridgehead atoms. The first-order valence-electron chi connectivity index (χ1n) is 5.61. The van der Waals surface area contributed by atoms with Gasteiger partial charge in [0.1, 0.15) is 7.05 Å². The minimum atomic E-state index is 0.823. The third-order valence-corrected chi connectivity index (χ3v) is 3.49. The molecule has 2 aliphatic rings. The first-order valence-corrected chi connectivity index (χ1v) is 5.61. The maximum Gasteiger partial charge on any atom is 0.212 e. The van der Waals surface area contributed by atoms with Crippen LogP contribution >= 0.6 is 0 Å². The smallest absolute Gasteiger partial charge is 0.201 e. The standard InChI is InChI=1S/C14H16N/c1-10-7-11-8-12(11)9-13(10)14-5-3-4-6-15(14)2/h3-7,9,11-12H,8H2,1-2H3/q+1. The number of hydrogen-bond acceptors (Lipinski definition) is 0. The fourth-order valence-corrected chi connectivity index (χ4v) is 2.47. The highest BCUT2D eigenvalue weighted by Crippen LogP contribution is 2.47. The number of nitrogens with zero attached hydrogens (tertiary/aromatic N) is 1. The van der Waals surface area contributed by atoms with Gasteiger partial charge in [-0.05, 0) is 36.8 Å². The second-order valence-corrected chi connectivity index (χ2v) is 4.69. The van der Waals surface area contributed by atoms with Gasteiger partial charge in [0.25, 0.3) is 0 Å². The molecule has 3 rings (SSSR count). The molecule has 0 amide bonds. The first-order chi connectivity index (χ1) is 7.25. The molecule has 1 aromatic rings. The van der Waals surface area contributed by atoms with Crippen LogP contribution in [0.15, 0.2) is 42.1 Å². The molecule has 0 radical (unpaired) electrons. The summed E-state index contributed by atoms with van der Waals surface area (Å²) >= 11 is 0. The second kappa shape index (κ2) is 3.06. The van der Waals surface area contributed by atoms with Gasteiger partial charge in [-0.1, -0.05) is 12.2 Å². The number of aryl methyl sites for hydroxylation is 1. The zero-order valence-corrected chi connectivity index (χ0v) is 9.27. The molecule has 1 aromatic heterocycles. The van der Waals surface area contributed by atoms with Gasteiger partial charge in [0.15, 0.2) is 6.20 Å². The first kappa shape index (κ1) is 8.90. The number of allylic oxidation sites excluding steroid dienone is 4. The summed E-state index contributed by atoms with van der Waals surface area (Å²) < 4.78 is 2.20. The summed E-state index contributed by atoms with van der Waals surface area (Å²) in [5.74, 6) is 1.67. The van der Waals surface area contributed by atoms with E-state index in [0.29, 0.717) is 0 Å². The van der Waals surface area contributed by atoms with Crippen LogP contribution < -0.4 is 4.57 Å². The molecule has 1 fully saturated rings. The van der Waals surface area contributed by atoms with Gasteiger partial charge >= 0.3 is 0 Å². The van der Waals surface area contributed by atoms with Gasteiger partial charge in [0, 0.05) is 17.7 Å². The average molecular weight is 198 g/mol. The van der Waals surface area contributed by atoms with E-state index in [0.717, 1.165) is 11.8 Å². The van der Waals surface area contributed by atoms with Crippen molar-refractivity contribution in [1.29, 1.82) is 0 Å². The molecule has 0 aliphatic heterocycles. The van der Waals surface area contributed by atoms with Gasteiger partial charge in [0.05, 0.1) is 0 Å². The lowest BCUT2D eigenvalue weighted by atomic mass is 9.96. The molecule has 1 saturated carbocycles. The third kappa shape index (κ3) is 1.43. The van der Waals surface area contributed by atoms with Crippen LogP contribution in [0, 0.1) is 11.8 Å². The normalized spacial score (nSPS) is 27.9. The van der Waals surface area contributed by atoms with Crippen LogP contribution in [0.3, 0.4) is 0 Å². The van der Waals surface area contributed by atoms with Gasteiger partial charge in [-0.25, -0.2) is 4.57 Å². The molecule has 15 heavy (non-hydrogen) atoms. The fraction of sp³-hybridized carbons (Fsp3) is 0.357. The van der Waals surface area contributed by atoms with Crippen molar-refractivity contribution in [2.75, 3.05) is 0 Å². The van der Waals surface area contributed by atoms with Gasteiger partial charge in [-0.3, -0.25) is 0 Å². The number of hydrogen-bond donors (Lipinski definition) is 0. The number of aromatic nitrogens is 1. The minimum absolute atomic E-state index is 0.823. The monoisotopic (exact) mass is 198 g/mol. The van der Waals surface area contributed by atoms with Crippen molar-refractivity contribution >= 4 is 5.57 Å². The quantitative estimate of drug-likeness (QED) is 0.610. The average Bonchev–Trinajstić information content (AvgIpc) is 2.95. The largest absolute Gasteiger partial charge is 0.212 e. The molecule has 2 atom stereocenters. The van der Waals surface area contributed by atoms with Gasteiger partial charge in [-0.2, -0.15) is 0 Å². The van der Waals surface area contributed by atoms with Crippen LogP contribution in [-0.2, 0) is 7.05 Å². The van der Waals surface area contributed by atoms with Crippen molar-refractivity contribution in [2.45, 2.75) is 13.3 Å². The molecule has 76 valence electrons. The SMILES string of the molecule is CC1=CC2CC2C=C1c1cccc[n+]1C. The van der Waals surface area contributed by atoms with E-state index in [4.69, 9.17) is 0 Å². The molecule has 0 spiro atoms. The molecular weight excluding hydrogens is 182 g/mol. The Morgan fingerprint density at radius 1 is 1.20 bits per heavy atom. The molecule has 1 heterocycles. The van der Waals surface area contributed by atoms with Crippen molar-refractivity contribution in [1.82, 2.24) is 0 Å². The maximum absolute atomic E-state index is 2.45. The van der Waals surface area contributed by atoms with Crippen LogP contribution in [0.1, 0.15) is 19.0 Å². The zero-order valence-electron chi connectivity index (χ0n) is 9.27. The van der Waals surface area contributed by atoms with Crippen LogP contribution in [0.5, 0.6) is 0 Å². The van der Waals surface area contributed by atoms with Crippen LogP contribution in [-0.4, -0.2) is 0 Å². The summed E-state index contributed by atoms with van der Waals surface area (Å²) in [6, 6.07) is 6.39. The molecule has 2 unspecified atom stereocenters. The fourth-order valence-electron chi connectivity index (χ4n) is 2.47. The van der Waals surface area contributed by atoms with E-state index >= 15 is 0 Å². The van der Waals surface area contributed by atoms with Crippen molar-refractivity contribution in [3.8, 4) is 0 Å². The summed E-state index contributed by atoms with van der Waals surface area (Å²) in [5, 5.41) is 0. The molecule has 2 aliphatic carbocycles. The van der Waals surface area contributed by atoms with E-state index < -0.39 is 0 Å². The topological polar surface area (TPSA) is 3.88 Å². The molecule has 1 nitrogen and oxygen atoms in total. The Morgan fingerprint density at radius 2 is 2.00 bits per heavy atom. The molecule has 1 heteroatoms. The van der Waals surface area contributed by atoms with Crippen molar-refractivity contribution in [3.05, 3.63) is 47.8 Å². The van der Waals surface area contributed by atoms with Crippen molar-refractivity contribution < 1.29 is 4.57 Å². The Bertz CT molecular complexity index is 468. The summed E-state index contributed by atoms with van der Waals surface area (Å²) in [5.41, 5.74) is 4.20. The summed E-state index contributed by atoms with van der Waals surface area (Å²) in [7, 11) is 2.11. The van der Waals surface area contributed by atoms with E-state index in [2.05, 4.69) is 55.1 Å². The van der Waals surface area contributed by atoms with Crippen LogP contribution in [0.25, 0.3) is 5.57 Å². The molecular formula is C14H16N+. The van der Waals surface area contributed by atoms with E-state index in [9.17, 15) is 0 Å². The zero-order chi connectivity index (χ0) is 10.4. The Hall–Kier alpha value is -1.37. The summed E-state index contributed by atoms with van der Waals surface area (Å²) in [6.07, 6.45) is 8.36. The number of rotatable bonds is 1. The highest BCUT2D eigenvalue weighted by Gasteiger charge is 2.37. The molecule has 0 saturated heterocycles. The lowest BCUT2D eigenvalue weighted by Crippen LogP contribution is -2.32. The van der Waals surface area contributed by atoms with E-state index in [1.165, 1.54) is 23.3 Å². The Kier molecular flexibility index (Phi) is 1.82. The van der Waals surface area contributed by atoms with Gasteiger partial charge in [0.2, 0.25) is 5.69 Å². The molecule has 0 aromatic carbocycles. The lowest BCUT2D eigenvalue weighted by Gasteiger charge is -2.10. The highest BCUT2D eigenvalue weighted by atomic mass is 14.9. The van der Waals surface area contributed by atoms with Gasteiger partial charge < -0.3 is 0 Å². The third-order valence-electron chi connectivity index (χ3n) is 3.49. The van der Waals surface area contributed by atoms with Gasteiger partial charge in [-0.15, -0.1) is 0 Å². The van der Waals surface area contributed by atoms with Crippen molar-refractivity contribution in [3.63, 3.8) is 0 Å². The predicted molar refractivity (Wildman–Crippen MR) is 60.9 cm³/mol. The van der Waals surface area contributed by atoms with Crippen molar-refractivity contribution in [2.24, 2.45) is 18.9 Å². The van der Waals surface area contributed by atoms with Crippen LogP contribution in [0.2, 0.25) is 0 Å². The predicted octanol–water partition coefficient (Wildman–Crippen LogP) is 2.49. The number of pyridine rings is 1. The Labute approximate surface area is 90.8 Å². The minimum Gasteiger partial charge on any atom is -0.201 e. The maximum atomic E-state index is 2.45. The van der Waals surface area contributed by atoms with E-state index in [1.807, 2.05) is 0 Å². The van der Waals surface area contributed by atoms with Crippen LogP contribution in [0.4, 0.5) is 0 Å². The Morgan fingerprint density at radius 3 is 2.80 bits per heavy atom. The second-order valence-electron chi connectivity index (χ2n) is 4.69. The summed E-state index contributed by atoms with van der Waals surface area (Å²) in [4.78, 5) is 0.